The second kappa shape index (κ2) is 7.39. The van der Waals surface area contributed by atoms with Crippen LogP contribution in [0.3, 0.4) is 0 Å². The molecule has 1 aliphatic rings. The quantitative estimate of drug-likeness (QED) is 0.581. The first-order valence-electron chi connectivity index (χ1n) is 8.14. The van der Waals surface area contributed by atoms with Crippen LogP contribution in [0.1, 0.15) is 37.2 Å². The van der Waals surface area contributed by atoms with Gasteiger partial charge < -0.3 is 4.90 Å². The lowest BCUT2D eigenvalue weighted by Gasteiger charge is -2.29. The molecular weight excluding hydrogens is 346 g/mol. The van der Waals surface area contributed by atoms with Gasteiger partial charge in [-0.2, -0.15) is 0 Å². The van der Waals surface area contributed by atoms with Gasteiger partial charge in [-0.3, -0.25) is 4.79 Å². The number of sulfone groups is 1. The molecule has 2 atom stereocenters. The van der Waals surface area contributed by atoms with Crippen LogP contribution in [0.5, 0.6) is 0 Å². The highest BCUT2D eigenvalue weighted by Gasteiger charge is 2.35. The van der Waals surface area contributed by atoms with Gasteiger partial charge in [0.2, 0.25) is 5.91 Å². The van der Waals surface area contributed by atoms with Crippen LogP contribution in [0.15, 0.2) is 5.16 Å². The number of aryl methyl sites for hydroxylation is 2. The van der Waals surface area contributed by atoms with E-state index in [1.54, 1.807) is 4.90 Å². The summed E-state index contributed by atoms with van der Waals surface area (Å²) in [6.07, 6.45) is 0.526. The van der Waals surface area contributed by atoms with Crippen molar-refractivity contribution in [3.05, 3.63) is 17.0 Å². The van der Waals surface area contributed by atoms with E-state index in [-0.39, 0.29) is 28.7 Å². The molecule has 0 aromatic carbocycles. The Hall–Kier alpha value is -1.15. The molecule has 1 fully saturated rings. The van der Waals surface area contributed by atoms with Crippen molar-refractivity contribution in [2.75, 3.05) is 18.1 Å². The van der Waals surface area contributed by atoms with E-state index in [4.69, 9.17) is 0 Å². The molecule has 0 bridgehead atoms. The summed E-state index contributed by atoms with van der Waals surface area (Å²) in [5.41, 5.74) is 2.89. The van der Waals surface area contributed by atoms with Crippen LogP contribution in [0, 0.1) is 20.8 Å². The van der Waals surface area contributed by atoms with E-state index < -0.39 is 9.84 Å². The fourth-order valence-electron chi connectivity index (χ4n) is 2.85. The van der Waals surface area contributed by atoms with Crippen LogP contribution in [-0.4, -0.2) is 58.5 Å². The molecule has 2 rings (SSSR count). The molecule has 0 spiro atoms. The molecule has 134 valence electrons. The van der Waals surface area contributed by atoms with Crippen LogP contribution in [-0.2, 0) is 14.6 Å². The lowest BCUT2D eigenvalue weighted by molar-refractivity contribution is -0.131. The van der Waals surface area contributed by atoms with Gasteiger partial charge in [0.1, 0.15) is 0 Å². The molecule has 0 aliphatic carbocycles. The van der Waals surface area contributed by atoms with Crippen molar-refractivity contribution >= 4 is 27.5 Å². The Morgan fingerprint density at radius 1 is 1.29 bits per heavy atom. The van der Waals surface area contributed by atoms with E-state index >= 15 is 0 Å². The summed E-state index contributed by atoms with van der Waals surface area (Å²) < 4.78 is 23.4. The van der Waals surface area contributed by atoms with Crippen LogP contribution < -0.4 is 0 Å². The third kappa shape index (κ3) is 4.27. The second-order valence-corrected chi connectivity index (χ2v) is 9.78. The Bertz CT molecular complexity index is 711. The standard InChI is InChI=1S/C16H25N3O3S2/c1-6-19(14-7-8-24(21,22)9-14)15(20)13(5)23-16-17-11(3)10(2)12(4)18-16/h13-14H,6-9H2,1-5H3. The zero-order chi connectivity index (χ0) is 18.1. The first-order valence-corrected chi connectivity index (χ1v) is 10.8. The van der Waals surface area contributed by atoms with Crippen molar-refractivity contribution in [2.24, 2.45) is 0 Å². The number of hydrogen-bond acceptors (Lipinski definition) is 6. The van der Waals surface area contributed by atoms with Crippen molar-refractivity contribution in [2.45, 2.75) is 57.5 Å². The maximum atomic E-state index is 12.8. The SMILES string of the molecule is CCN(C(=O)C(C)Sc1nc(C)c(C)c(C)n1)C1CCS(=O)(=O)C1. The Kier molecular flexibility index (Phi) is 5.91. The molecular formula is C16H25N3O3S2. The number of nitrogens with zero attached hydrogens (tertiary/aromatic N) is 3. The Morgan fingerprint density at radius 3 is 2.33 bits per heavy atom. The van der Waals surface area contributed by atoms with Gasteiger partial charge in [0.05, 0.1) is 16.8 Å². The fourth-order valence-corrected chi connectivity index (χ4v) is 5.51. The average Bonchev–Trinajstić information content (AvgIpc) is 2.85. The zero-order valence-corrected chi connectivity index (χ0v) is 16.5. The molecule has 0 saturated carbocycles. The van der Waals surface area contributed by atoms with Gasteiger partial charge in [-0.05, 0) is 46.6 Å². The molecule has 1 aliphatic heterocycles. The topological polar surface area (TPSA) is 80.2 Å². The predicted octanol–water partition coefficient (Wildman–Crippen LogP) is 1.92. The predicted molar refractivity (Wildman–Crippen MR) is 96.0 cm³/mol. The zero-order valence-electron chi connectivity index (χ0n) is 14.9. The third-order valence-electron chi connectivity index (χ3n) is 4.51. The monoisotopic (exact) mass is 371 g/mol. The molecule has 2 heterocycles. The lowest BCUT2D eigenvalue weighted by Crippen LogP contribution is -2.44. The molecule has 1 aromatic heterocycles. The highest BCUT2D eigenvalue weighted by molar-refractivity contribution is 8.00. The number of carbonyl (C=O) groups excluding carboxylic acids is 1. The molecule has 1 amide bonds. The number of hydrogen-bond donors (Lipinski definition) is 0. The molecule has 2 unspecified atom stereocenters. The number of thioether (sulfide) groups is 1. The van der Waals surface area contributed by atoms with E-state index in [1.165, 1.54) is 11.8 Å². The molecule has 0 N–H and O–H groups in total. The fraction of sp³-hybridized carbons (Fsp3) is 0.688. The summed E-state index contributed by atoms with van der Waals surface area (Å²) in [6, 6.07) is -0.210. The average molecular weight is 372 g/mol. The van der Waals surface area contributed by atoms with Crippen LogP contribution >= 0.6 is 11.8 Å². The van der Waals surface area contributed by atoms with Crippen LogP contribution in [0.4, 0.5) is 0 Å². The van der Waals surface area contributed by atoms with Crippen molar-refractivity contribution in [1.82, 2.24) is 14.9 Å². The molecule has 1 aromatic rings. The second-order valence-electron chi connectivity index (χ2n) is 6.24. The number of amides is 1. The smallest absolute Gasteiger partial charge is 0.236 e. The molecule has 8 heteroatoms. The largest absolute Gasteiger partial charge is 0.338 e. The summed E-state index contributed by atoms with van der Waals surface area (Å²) in [7, 11) is -3.01. The summed E-state index contributed by atoms with van der Waals surface area (Å²) in [4.78, 5) is 23.4. The summed E-state index contributed by atoms with van der Waals surface area (Å²) in [5.74, 6) is 0.190. The number of rotatable bonds is 5. The molecule has 6 nitrogen and oxygen atoms in total. The normalized spacial score (nSPS) is 20.8. The van der Waals surface area contributed by atoms with Crippen molar-refractivity contribution in [3.63, 3.8) is 0 Å². The van der Waals surface area contributed by atoms with Gasteiger partial charge in [-0.15, -0.1) is 0 Å². The molecule has 1 saturated heterocycles. The van der Waals surface area contributed by atoms with Crippen molar-refractivity contribution < 1.29 is 13.2 Å². The summed E-state index contributed by atoms with van der Waals surface area (Å²) in [6.45, 7) is 10.1. The highest BCUT2D eigenvalue weighted by atomic mass is 32.2. The maximum Gasteiger partial charge on any atom is 0.236 e. The van der Waals surface area contributed by atoms with Gasteiger partial charge in [-0.1, -0.05) is 11.8 Å². The van der Waals surface area contributed by atoms with Crippen LogP contribution in [0.25, 0.3) is 0 Å². The van der Waals surface area contributed by atoms with Gasteiger partial charge >= 0.3 is 0 Å². The van der Waals surface area contributed by atoms with Gasteiger partial charge in [0, 0.05) is 24.0 Å². The van der Waals surface area contributed by atoms with E-state index in [1.807, 2.05) is 34.6 Å². The molecule has 0 radical (unpaired) electrons. The van der Waals surface area contributed by atoms with Gasteiger partial charge in [0.25, 0.3) is 0 Å². The van der Waals surface area contributed by atoms with Gasteiger partial charge in [0.15, 0.2) is 15.0 Å². The summed E-state index contributed by atoms with van der Waals surface area (Å²) in [5, 5.41) is 0.237. The van der Waals surface area contributed by atoms with Crippen molar-refractivity contribution in [1.29, 1.82) is 0 Å². The minimum atomic E-state index is -3.01. The summed E-state index contributed by atoms with van der Waals surface area (Å²) >= 11 is 1.33. The lowest BCUT2D eigenvalue weighted by atomic mass is 10.2. The first-order chi connectivity index (χ1) is 11.1. The Labute approximate surface area is 148 Å². The molecule has 24 heavy (non-hydrogen) atoms. The maximum absolute atomic E-state index is 12.8. The first kappa shape index (κ1) is 19.2. The highest BCUT2D eigenvalue weighted by Crippen LogP contribution is 2.25. The van der Waals surface area contributed by atoms with Crippen LogP contribution in [0.2, 0.25) is 0 Å². The Balaban J connectivity index is 2.10. The minimum Gasteiger partial charge on any atom is -0.338 e. The van der Waals surface area contributed by atoms with Gasteiger partial charge in [-0.25, -0.2) is 18.4 Å². The Morgan fingerprint density at radius 2 is 1.88 bits per heavy atom. The van der Waals surface area contributed by atoms with E-state index in [9.17, 15) is 13.2 Å². The number of carbonyl (C=O) groups is 1. The van der Waals surface area contributed by atoms with E-state index in [2.05, 4.69) is 9.97 Å². The van der Waals surface area contributed by atoms with Crippen molar-refractivity contribution in [3.8, 4) is 0 Å². The number of aromatic nitrogens is 2. The van der Waals surface area contributed by atoms with E-state index in [0.717, 1.165) is 17.0 Å². The third-order valence-corrected chi connectivity index (χ3v) is 7.21. The van der Waals surface area contributed by atoms with E-state index in [0.29, 0.717) is 18.1 Å². The minimum absolute atomic E-state index is 0.0518.